The van der Waals surface area contributed by atoms with Crippen molar-refractivity contribution in [2.75, 3.05) is 13.1 Å². The topological polar surface area (TPSA) is 122 Å². The number of hydrogen-bond donors (Lipinski definition) is 4. The van der Waals surface area contributed by atoms with E-state index in [4.69, 9.17) is 10.8 Å². The predicted octanol–water partition coefficient (Wildman–Crippen LogP) is -1.01. The summed E-state index contributed by atoms with van der Waals surface area (Å²) < 4.78 is 0. The molecule has 0 saturated carbocycles. The summed E-state index contributed by atoms with van der Waals surface area (Å²) in [6.07, 6.45) is 0.126. The van der Waals surface area contributed by atoms with Crippen molar-refractivity contribution in [3.05, 3.63) is 12.2 Å². The summed E-state index contributed by atoms with van der Waals surface area (Å²) in [6, 6.07) is -1.03. The van der Waals surface area contributed by atoms with Gasteiger partial charge in [0.1, 0.15) is 6.04 Å². The molecule has 0 heterocycles. The van der Waals surface area contributed by atoms with Gasteiger partial charge in [-0.05, 0) is 13.3 Å². The van der Waals surface area contributed by atoms with E-state index >= 15 is 0 Å². The predicted molar refractivity (Wildman–Crippen MR) is 65.7 cm³/mol. The second-order valence-electron chi connectivity index (χ2n) is 3.87. The van der Waals surface area contributed by atoms with E-state index in [9.17, 15) is 14.4 Å². The molecule has 0 aromatic heterocycles. The third-order valence-electron chi connectivity index (χ3n) is 2.12. The molecule has 2 amide bonds. The van der Waals surface area contributed by atoms with Crippen LogP contribution in [0.15, 0.2) is 12.2 Å². The average Bonchev–Trinajstić information content (AvgIpc) is 2.30. The lowest BCUT2D eigenvalue weighted by molar-refractivity contribution is -0.138. The van der Waals surface area contributed by atoms with Crippen molar-refractivity contribution in [2.24, 2.45) is 5.73 Å². The first-order chi connectivity index (χ1) is 8.34. The van der Waals surface area contributed by atoms with E-state index in [0.717, 1.165) is 0 Å². The lowest BCUT2D eigenvalue weighted by atomic mass is 10.1. The van der Waals surface area contributed by atoms with Gasteiger partial charge in [-0.25, -0.2) is 0 Å². The molecule has 102 valence electrons. The second-order valence-corrected chi connectivity index (χ2v) is 3.87. The maximum atomic E-state index is 11.3. The van der Waals surface area contributed by atoms with E-state index < -0.39 is 12.0 Å². The molecule has 0 aliphatic carbocycles. The van der Waals surface area contributed by atoms with E-state index in [0.29, 0.717) is 12.1 Å². The summed E-state index contributed by atoms with van der Waals surface area (Å²) in [6.45, 7) is 5.62. The molecule has 1 atom stereocenters. The fourth-order valence-electron chi connectivity index (χ4n) is 1.03. The van der Waals surface area contributed by atoms with E-state index in [1.807, 2.05) is 0 Å². The monoisotopic (exact) mass is 257 g/mol. The van der Waals surface area contributed by atoms with Gasteiger partial charge < -0.3 is 21.5 Å². The van der Waals surface area contributed by atoms with Gasteiger partial charge in [0.2, 0.25) is 11.8 Å². The van der Waals surface area contributed by atoms with E-state index in [2.05, 4.69) is 17.2 Å². The van der Waals surface area contributed by atoms with Gasteiger partial charge in [-0.3, -0.25) is 14.4 Å². The van der Waals surface area contributed by atoms with Gasteiger partial charge in [0.25, 0.3) is 0 Å². The fourth-order valence-corrected chi connectivity index (χ4v) is 1.03. The number of rotatable bonds is 8. The Morgan fingerprint density at radius 3 is 2.33 bits per heavy atom. The molecular weight excluding hydrogens is 238 g/mol. The highest BCUT2D eigenvalue weighted by Crippen LogP contribution is 1.94. The van der Waals surface area contributed by atoms with Crippen molar-refractivity contribution < 1.29 is 19.5 Å². The molecule has 7 heteroatoms. The summed E-state index contributed by atoms with van der Waals surface area (Å²) in [4.78, 5) is 32.7. The van der Waals surface area contributed by atoms with Crippen molar-refractivity contribution in [2.45, 2.75) is 25.8 Å². The number of carbonyl (C=O) groups excluding carboxylic acids is 2. The summed E-state index contributed by atoms with van der Waals surface area (Å²) in [7, 11) is 0. The Kier molecular flexibility index (Phi) is 7.37. The van der Waals surface area contributed by atoms with Crippen molar-refractivity contribution >= 4 is 17.8 Å². The van der Waals surface area contributed by atoms with Gasteiger partial charge in [-0.2, -0.15) is 0 Å². The zero-order valence-corrected chi connectivity index (χ0v) is 10.4. The largest absolute Gasteiger partial charge is 0.480 e. The van der Waals surface area contributed by atoms with Crippen LogP contribution in [0.2, 0.25) is 0 Å². The van der Waals surface area contributed by atoms with E-state index in [-0.39, 0.29) is 31.2 Å². The lowest BCUT2D eigenvalue weighted by Gasteiger charge is -2.08. The number of nitrogens with one attached hydrogen (secondary N) is 2. The van der Waals surface area contributed by atoms with E-state index in [1.165, 1.54) is 0 Å². The Balaban J connectivity index is 3.63. The van der Waals surface area contributed by atoms with Gasteiger partial charge in [-0.1, -0.05) is 6.58 Å². The highest BCUT2D eigenvalue weighted by Gasteiger charge is 2.13. The van der Waals surface area contributed by atoms with Gasteiger partial charge >= 0.3 is 5.97 Å². The first-order valence-electron chi connectivity index (χ1n) is 5.53. The van der Waals surface area contributed by atoms with Gasteiger partial charge in [0, 0.05) is 25.1 Å². The van der Waals surface area contributed by atoms with Crippen LogP contribution in [-0.2, 0) is 14.4 Å². The van der Waals surface area contributed by atoms with Gasteiger partial charge in [-0.15, -0.1) is 0 Å². The SMILES string of the molecule is C=C(C)C(=O)NCCNC(=O)CCC(N)C(=O)O. The summed E-state index contributed by atoms with van der Waals surface area (Å²) in [5.74, 6) is -1.69. The van der Waals surface area contributed by atoms with Crippen LogP contribution in [0.5, 0.6) is 0 Å². The highest BCUT2D eigenvalue weighted by molar-refractivity contribution is 5.92. The van der Waals surface area contributed by atoms with Crippen LogP contribution in [-0.4, -0.2) is 42.0 Å². The van der Waals surface area contributed by atoms with Crippen LogP contribution in [0.3, 0.4) is 0 Å². The fraction of sp³-hybridized carbons (Fsp3) is 0.545. The first-order valence-corrected chi connectivity index (χ1v) is 5.53. The number of carboxylic acids is 1. The molecular formula is C11H19N3O4. The third kappa shape index (κ3) is 7.39. The van der Waals surface area contributed by atoms with E-state index in [1.54, 1.807) is 6.92 Å². The van der Waals surface area contributed by atoms with Crippen LogP contribution >= 0.6 is 0 Å². The average molecular weight is 257 g/mol. The Morgan fingerprint density at radius 2 is 1.83 bits per heavy atom. The molecule has 18 heavy (non-hydrogen) atoms. The molecule has 5 N–H and O–H groups in total. The zero-order valence-electron chi connectivity index (χ0n) is 10.4. The lowest BCUT2D eigenvalue weighted by Crippen LogP contribution is -2.36. The summed E-state index contributed by atoms with van der Waals surface area (Å²) in [5, 5.41) is 13.6. The number of aliphatic carboxylic acids is 1. The van der Waals surface area contributed by atoms with Crippen molar-refractivity contribution in [1.82, 2.24) is 10.6 Å². The normalized spacial score (nSPS) is 11.4. The third-order valence-corrected chi connectivity index (χ3v) is 2.12. The van der Waals surface area contributed by atoms with Crippen LogP contribution in [0.25, 0.3) is 0 Å². The minimum absolute atomic E-state index is 0.0436. The zero-order chi connectivity index (χ0) is 14.1. The Morgan fingerprint density at radius 1 is 1.28 bits per heavy atom. The highest BCUT2D eigenvalue weighted by atomic mass is 16.4. The van der Waals surface area contributed by atoms with Crippen molar-refractivity contribution in [1.29, 1.82) is 0 Å². The van der Waals surface area contributed by atoms with Crippen LogP contribution < -0.4 is 16.4 Å². The summed E-state index contributed by atoms with van der Waals surface area (Å²) >= 11 is 0. The van der Waals surface area contributed by atoms with Gasteiger partial charge in [0.15, 0.2) is 0 Å². The molecule has 0 saturated heterocycles. The number of carboxylic acid groups (broad SMARTS) is 1. The number of hydrogen-bond acceptors (Lipinski definition) is 4. The quantitative estimate of drug-likeness (QED) is 0.328. The Bertz CT molecular complexity index is 341. The maximum Gasteiger partial charge on any atom is 0.320 e. The smallest absolute Gasteiger partial charge is 0.320 e. The molecule has 0 rings (SSSR count). The van der Waals surface area contributed by atoms with Crippen LogP contribution in [0, 0.1) is 0 Å². The molecule has 0 aliphatic heterocycles. The molecule has 0 aliphatic rings. The summed E-state index contributed by atoms with van der Waals surface area (Å²) in [5.41, 5.74) is 5.64. The number of amides is 2. The standard InChI is InChI=1S/C11H19N3O4/c1-7(2)10(16)14-6-5-13-9(15)4-3-8(12)11(17)18/h8H,1,3-6,12H2,2H3,(H,13,15)(H,14,16)(H,17,18). The van der Waals surface area contributed by atoms with Crippen LogP contribution in [0.1, 0.15) is 19.8 Å². The van der Waals surface area contributed by atoms with Crippen molar-refractivity contribution in [3.8, 4) is 0 Å². The molecule has 0 fully saturated rings. The molecule has 0 spiro atoms. The number of carbonyl (C=O) groups is 3. The molecule has 1 unspecified atom stereocenters. The minimum atomic E-state index is -1.13. The molecule has 0 bridgehead atoms. The molecule has 0 aromatic carbocycles. The van der Waals surface area contributed by atoms with Crippen molar-refractivity contribution in [3.63, 3.8) is 0 Å². The Hall–Kier alpha value is -1.89. The van der Waals surface area contributed by atoms with Gasteiger partial charge in [0.05, 0.1) is 0 Å². The molecule has 0 aromatic rings. The second kappa shape index (κ2) is 8.24. The number of nitrogens with two attached hydrogens (primary N) is 1. The maximum absolute atomic E-state index is 11.3. The minimum Gasteiger partial charge on any atom is -0.480 e. The molecule has 7 nitrogen and oxygen atoms in total. The Labute approximate surface area is 105 Å². The first kappa shape index (κ1) is 16.1. The molecule has 0 radical (unpaired) electrons. The van der Waals surface area contributed by atoms with Crippen LogP contribution in [0.4, 0.5) is 0 Å².